The van der Waals surface area contributed by atoms with Crippen molar-refractivity contribution < 1.29 is 9.59 Å². The van der Waals surface area contributed by atoms with Crippen molar-refractivity contribution in [1.29, 1.82) is 0 Å². The smallest absolute Gasteiger partial charge is 0.237 e. The Balaban J connectivity index is 1.24. The van der Waals surface area contributed by atoms with Crippen molar-refractivity contribution in [3.8, 4) is 0 Å². The van der Waals surface area contributed by atoms with Crippen molar-refractivity contribution in [1.82, 2.24) is 9.97 Å². The van der Waals surface area contributed by atoms with Gasteiger partial charge in [-0.25, -0.2) is 4.98 Å². The van der Waals surface area contributed by atoms with E-state index in [1.54, 1.807) is 6.20 Å². The third-order valence-corrected chi connectivity index (χ3v) is 8.01. The Kier molecular flexibility index (Phi) is 3.92. The Morgan fingerprint density at radius 1 is 0.943 bits per heavy atom. The second kappa shape index (κ2) is 6.75. The molecule has 0 bridgehead atoms. The lowest BCUT2D eigenvalue weighted by atomic mass is 9.79. The van der Waals surface area contributed by atoms with E-state index in [0.717, 1.165) is 39.0 Å². The van der Waals surface area contributed by atoms with Gasteiger partial charge in [-0.1, -0.05) is 30.3 Å². The molecule has 172 valence electrons. The Labute approximate surface area is 203 Å². The number of amides is 2. The van der Waals surface area contributed by atoms with E-state index < -0.39 is 10.8 Å². The highest BCUT2D eigenvalue weighted by molar-refractivity contribution is 6.08. The van der Waals surface area contributed by atoms with Gasteiger partial charge in [0.15, 0.2) is 0 Å². The van der Waals surface area contributed by atoms with Crippen molar-refractivity contribution in [3.63, 3.8) is 0 Å². The standard InChI is InChI=1S/C29H24N4O2/c1-28(2)21-6-3-4-8-24(21)33(27(28)35)16-20-10-9-17-12-18-14-29(15-19(18)13-23(17)31-20)22-7-5-11-30-25(22)32-26(29)34/h3-13H,14-16H2,1-2H3,(H,30,32,34). The predicted molar refractivity (Wildman–Crippen MR) is 134 cm³/mol. The number of fused-ring (bicyclic) bond motifs is 5. The first-order chi connectivity index (χ1) is 16.9. The quantitative estimate of drug-likeness (QED) is 0.480. The fourth-order valence-corrected chi connectivity index (χ4v) is 6.14. The van der Waals surface area contributed by atoms with E-state index in [9.17, 15) is 9.59 Å². The molecule has 1 spiro atoms. The van der Waals surface area contributed by atoms with Gasteiger partial charge in [0.25, 0.3) is 0 Å². The molecule has 0 saturated carbocycles. The van der Waals surface area contributed by atoms with Crippen LogP contribution < -0.4 is 10.2 Å². The summed E-state index contributed by atoms with van der Waals surface area (Å²) in [6, 6.07) is 20.3. The lowest BCUT2D eigenvalue weighted by Crippen LogP contribution is -2.35. The Bertz CT molecular complexity index is 1590. The van der Waals surface area contributed by atoms with Gasteiger partial charge in [0, 0.05) is 22.8 Å². The van der Waals surface area contributed by atoms with Gasteiger partial charge >= 0.3 is 0 Å². The fourth-order valence-electron chi connectivity index (χ4n) is 6.14. The monoisotopic (exact) mass is 460 g/mol. The first-order valence-corrected chi connectivity index (χ1v) is 12.0. The summed E-state index contributed by atoms with van der Waals surface area (Å²) in [6.45, 7) is 4.39. The molecule has 2 amide bonds. The molecule has 4 heterocycles. The van der Waals surface area contributed by atoms with Gasteiger partial charge in [-0.2, -0.15) is 0 Å². The van der Waals surface area contributed by atoms with Crippen LogP contribution in [0.4, 0.5) is 11.5 Å². The van der Waals surface area contributed by atoms with E-state index in [1.807, 2.05) is 61.2 Å². The number of carbonyl (C=O) groups is 2. The Morgan fingerprint density at radius 2 is 1.71 bits per heavy atom. The fraction of sp³-hybridized carbons (Fsp3) is 0.241. The highest BCUT2D eigenvalue weighted by Gasteiger charge is 2.51. The number of para-hydroxylation sites is 1. The molecular formula is C29H24N4O2. The summed E-state index contributed by atoms with van der Waals surface area (Å²) in [5.41, 5.74) is 5.92. The van der Waals surface area contributed by atoms with Gasteiger partial charge in [0.05, 0.1) is 28.6 Å². The van der Waals surface area contributed by atoms with Crippen molar-refractivity contribution in [3.05, 3.63) is 94.8 Å². The van der Waals surface area contributed by atoms with E-state index in [4.69, 9.17) is 4.98 Å². The summed E-state index contributed by atoms with van der Waals surface area (Å²) >= 11 is 0. The summed E-state index contributed by atoms with van der Waals surface area (Å²) in [7, 11) is 0. The molecular weight excluding hydrogens is 436 g/mol. The number of hydrogen-bond donors (Lipinski definition) is 1. The highest BCUT2D eigenvalue weighted by Crippen LogP contribution is 2.47. The second-order valence-electron chi connectivity index (χ2n) is 10.4. The third-order valence-electron chi connectivity index (χ3n) is 8.01. The molecule has 2 aromatic carbocycles. The minimum absolute atomic E-state index is 0.0222. The average molecular weight is 461 g/mol. The molecule has 1 atom stereocenters. The average Bonchev–Trinajstić information content (AvgIpc) is 3.43. The normalized spacial score (nSPS) is 21.4. The van der Waals surface area contributed by atoms with Crippen LogP contribution in [0.1, 0.15) is 41.8 Å². The molecule has 1 N–H and O–H groups in total. The van der Waals surface area contributed by atoms with Gasteiger partial charge in [0.2, 0.25) is 11.8 Å². The molecule has 3 aliphatic rings. The highest BCUT2D eigenvalue weighted by atomic mass is 16.2. The predicted octanol–water partition coefficient (Wildman–Crippen LogP) is 4.44. The molecule has 0 fully saturated rings. The number of hydrogen-bond acceptors (Lipinski definition) is 4. The zero-order chi connectivity index (χ0) is 23.9. The maximum Gasteiger partial charge on any atom is 0.237 e. The van der Waals surface area contributed by atoms with E-state index in [0.29, 0.717) is 25.2 Å². The largest absolute Gasteiger partial charge is 0.310 e. The number of nitrogens with zero attached hydrogens (tertiary/aromatic N) is 3. The summed E-state index contributed by atoms with van der Waals surface area (Å²) in [5, 5.41) is 4.02. The zero-order valence-electron chi connectivity index (χ0n) is 19.6. The number of carbonyl (C=O) groups excluding carboxylic acids is 2. The molecule has 0 radical (unpaired) electrons. The van der Waals surface area contributed by atoms with Crippen LogP contribution in [0.3, 0.4) is 0 Å². The number of nitrogens with one attached hydrogen (secondary N) is 1. The van der Waals surface area contributed by atoms with Crippen molar-refractivity contribution in [2.24, 2.45) is 0 Å². The van der Waals surface area contributed by atoms with Crippen molar-refractivity contribution in [2.45, 2.75) is 44.1 Å². The van der Waals surface area contributed by atoms with Gasteiger partial charge < -0.3 is 10.2 Å². The summed E-state index contributed by atoms with van der Waals surface area (Å²) in [4.78, 5) is 37.4. The van der Waals surface area contributed by atoms with Gasteiger partial charge in [-0.3, -0.25) is 14.6 Å². The molecule has 2 aliphatic heterocycles. The number of benzene rings is 2. The maximum absolute atomic E-state index is 13.2. The number of anilines is 2. The first-order valence-electron chi connectivity index (χ1n) is 12.0. The van der Waals surface area contributed by atoms with E-state index in [2.05, 4.69) is 28.5 Å². The van der Waals surface area contributed by atoms with Gasteiger partial charge in [-0.15, -0.1) is 0 Å². The molecule has 0 saturated heterocycles. The first kappa shape index (κ1) is 20.3. The number of rotatable bonds is 2. The molecule has 6 heteroatoms. The molecule has 4 aromatic rings. The molecule has 7 rings (SSSR count). The molecule has 1 aliphatic carbocycles. The third kappa shape index (κ3) is 2.71. The van der Waals surface area contributed by atoms with Crippen LogP contribution in [0, 0.1) is 0 Å². The lowest BCUT2D eigenvalue weighted by Gasteiger charge is -2.20. The second-order valence-corrected chi connectivity index (χ2v) is 10.4. The topological polar surface area (TPSA) is 75.2 Å². The minimum Gasteiger partial charge on any atom is -0.310 e. The summed E-state index contributed by atoms with van der Waals surface area (Å²) in [6.07, 6.45) is 3.02. The van der Waals surface area contributed by atoms with E-state index in [-0.39, 0.29) is 11.8 Å². The van der Waals surface area contributed by atoms with E-state index in [1.165, 1.54) is 5.56 Å². The lowest BCUT2D eigenvalue weighted by molar-refractivity contribution is -0.122. The van der Waals surface area contributed by atoms with Crippen LogP contribution in [0.15, 0.2) is 66.9 Å². The SMILES string of the molecule is CC1(C)C(=O)N(Cc2ccc3cc4c(cc3n2)CC2(C4)C(=O)Nc3ncccc32)c2ccccc21. The minimum atomic E-state index is -0.594. The van der Waals surface area contributed by atoms with Crippen molar-refractivity contribution in [2.75, 3.05) is 10.2 Å². The molecule has 6 nitrogen and oxygen atoms in total. The summed E-state index contributed by atoms with van der Waals surface area (Å²) < 4.78 is 0. The molecule has 1 unspecified atom stereocenters. The van der Waals surface area contributed by atoms with Crippen LogP contribution >= 0.6 is 0 Å². The van der Waals surface area contributed by atoms with Crippen LogP contribution in [0.2, 0.25) is 0 Å². The Morgan fingerprint density at radius 3 is 2.57 bits per heavy atom. The van der Waals surface area contributed by atoms with Gasteiger partial charge in [-0.05, 0) is 73.7 Å². The summed E-state index contributed by atoms with van der Waals surface area (Å²) in [5.74, 6) is 0.790. The number of aromatic nitrogens is 2. The van der Waals surface area contributed by atoms with E-state index >= 15 is 0 Å². The van der Waals surface area contributed by atoms with Crippen LogP contribution in [0.5, 0.6) is 0 Å². The molecule has 2 aromatic heterocycles. The maximum atomic E-state index is 13.2. The Hall–Kier alpha value is -4.06. The van der Waals surface area contributed by atoms with Crippen molar-refractivity contribution >= 4 is 34.2 Å². The van der Waals surface area contributed by atoms with Gasteiger partial charge in [0.1, 0.15) is 5.82 Å². The molecule has 35 heavy (non-hydrogen) atoms. The van der Waals surface area contributed by atoms with Crippen LogP contribution in [-0.2, 0) is 39.8 Å². The van der Waals surface area contributed by atoms with Crippen LogP contribution in [0.25, 0.3) is 10.9 Å². The zero-order valence-corrected chi connectivity index (χ0v) is 19.6. The van der Waals surface area contributed by atoms with Crippen LogP contribution in [-0.4, -0.2) is 21.8 Å². The number of pyridine rings is 2.